The lowest BCUT2D eigenvalue weighted by atomic mass is 10.1. The fourth-order valence-electron chi connectivity index (χ4n) is 1.04. The first-order chi connectivity index (χ1) is 8.19. The minimum Gasteiger partial charge on any atom is -0.469 e. The number of ketones is 1. The van der Waals surface area contributed by atoms with Crippen LogP contribution in [0.4, 0.5) is 4.79 Å². The van der Waals surface area contributed by atoms with Crippen molar-refractivity contribution in [3.8, 4) is 0 Å². The number of carbonyl (C=O) groups excluding carboxylic acids is 3. The molecular formula is C11H18BrNO5. The van der Waals surface area contributed by atoms with Crippen LogP contribution in [0.2, 0.25) is 0 Å². The average molecular weight is 324 g/mol. The first-order valence-corrected chi connectivity index (χ1v) is 6.46. The number of alkyl halides is 1. The number of esters is 1. The van der Waals surface area contributed by atoms with Crippen molar-refractivity contribution in [1.29, 1.82) is 0 Å². The van der Waals surface area contributed by atoms with Gasteiger partial charge in [-0.25, -0.2) is 4.79 Å². The van der Waals surface area contributed by atoms with Gasteiger partial charge < -0.3 is 14.8 Å². The maximum Gasteiger partial charge on any atom is 0.408 e. The van der Waals surface area contributed by atoms with Crippen LogP contribution in [0.5, 0.6) is 0 Å². The molecule has 1 atom stereocenters. The number of carbonyl (C=O) groups is 3. The van der Waals surface area contributed by atoms with Crippen molar-refractivity contribution < 1.29 is 23.9 Å². The highest BCUT2D eigenvalue weighted by atomic mass is 79.9. The van der Waals surface area contributed by atoms with Crippen molar-refractivity contribution in [1.82, 2.24) is 5.32 Å². The lowest BCUT2D eigenvalue weighted by molar-refractivity contribution is -0.142. The minimum atomic E-state index is -0.952. The maximum atomic E-state index is 11.5. The van der Waals surface area contributed by atoms with Crippen LogP contribution in [-0.2, 0) is 19.1 Å². The van der Waals surface area contributed by atoms with E-state index in [4.69, 9.17) is 4.74 Å². The van der Waals surface area contributed by atoms with Gasteiger partial charge in [0.1, 0.15) is 11.6 Å². The molecule has 0 aliphatic heterocycles. The zero-order valence-corrected chi connectivity index (χ0v) is 12.5. The normalized spacial score (nSPS) is 12.5. The van der Waals surface area contributed by atoms with E-state index in [2.05, 4.69) is 26.0 Å². The molecule has 0 aromatic carbocycles. The molecule has 1 N–H and O–H groups in total. The Morgan fingerprint density at radius 3 is 2.22 bits per heavy atom. The predicted octanol–water partition coefficient (Wildman–Crippen LogP) is 1.41. The second-order valence-electron chi connectivity index (χ2n) is 4.58. The maximum absolute atomic E-state index is 11.5. The van der Waals surface area contributed by atoms with E-state index in [1.165, 1.54) is 7.11 Å². The van der Waals surface area contributed by atoms with Gasteiger partial charge in [-0.3, -0.25) is 9.59 Å². The molecule has 18 heavy (non-hydrogen) atoms. The Morgan fingerprint density at radius 2 is 1.83 bits per heavy atom. The molecule has 7 heteroatoms. The summed E-state index contributed by atoms with van der Waals surface area (Å²) in [5.41, 5.74) is -0.669. The molecule has 0 aliphatic rings. The Bertz CT molecular complexity index is 324. The van der Waals surface area contributed by atoms with E-state index >= 15 is 0 Å². The van der Waals surface area contributed by atoms with Crippen molar-refractivity contribution >= 4 is 33.8 Å². The van der Waals surface area contributed by atoms with Crippen LogP contribution in [0, 0.1) is 0 Å². The average Bonchev–Trinajstić information content (AvgIpc) is 2.24. The Kier molecular flexibility index (Phi) is 6.90. The van der Waals surface area contributed by atoms with Crippen LogP contribution in [0.15, 0.2) is 0 Å². The molecule has 0 bridgehead atoms. The minimum absolute atomic E-state index is 0.0322. The standard InChI is InChI=1S/C11H18BrNO5/c1-11(2,3)18-10(16)13-7(8(14)6-12)5-9(15)17-4/h7H,5-6H2,1-4H3,(H,13,16)/t7-/m0/s1. The number of halogens is 1. The van der Waals surface area contributed by atoms with E-state index < -0.39 is 23.7 Å². The SMILES string of the molecule is COC(=O)C[C@H](NC(=O)OC(C)(C)C)C(=O)CBr. The number of ether oxygens (including phenoxy) is 2. The van der Waals surface area contributed by atoms with Gasteiger partial charge in [0, 0.05) is 0 Å². The molecular weight excluding hydrogens is 306 g/mol. The molecule has 0 heterocycles. The summed E-state index contributed by atoms with van der Waals surface area (Å²) in [5.74, 6) is -0.906. The summed E-state index contributed by atoms with van der Waals surface area (Å²) in [5, 5.41) is 2.38. The molecule has 0 fully saturated rings. The molecule has 1 amide bonds. The van der Waals surface area contributed by atoms with Crippen LogP contribution in [0.3, 0.4) is 0 Å². The van der Waals surface area contributed by atoms with Crippen molar-refractivity contribution in [3.05, 3.63) is 0 Å². The van der Waals surface area contributed by atoms with Crippen LogP contribution in [-0.4, -0.2) is 41.9 Å². The molecule has 0 saturated carbocycles. The number of hydrogen-bond acceptors (Lipinski definition) is 5. The van der Waals surface area contributed by atoms with E-state index in [0.717, 1.165) is 0 Å². The fraction of sp³-hybridized carbons (Fsp3) is 0.727. The Balaban J connectivity index is 4.55. The van der Waals surface area contributed by atoms with Crippen molar-refractivity contribution in [2.45, 2.75) is 38.8 Å². The largest absolute Gasteiger partial charge is 0.469 e. The third-order valence-electron chi connectivity index (χ3n) is 1.81. The third kappa shape index (κ3) is 7.26. The lowest BCUT2D eigenvalue weighted by Crippen LogP contribution is -2.45. The summed E-state index contributed by atoms with van der Waals surface area (Å²) < 4.78 is 9.47. The number of Topliss-reactive ketones (excluding diaryl/α,β-unsaturated/α-hetero) is 1. The Morgan fingerprint density at radius 1 is 1.28 bits per heavy atom. The van der Waals surface area contributed by atoms with E-state index in [9.17, 15) is 14.4 Å². The van der Waals surface area contributed by atoms with Gasteiger partial charge in [-0.2, -0.15) is 0 Å². The number of nitrogens with one attached hydrogen (secondary N) is 1. The lowest BCUT2D eigenvalue weighted by Gasteiger charge is -2.22. The quantitative estimate of drug-likeness (QED) is 0.611. The highest BCUT2D eigenvalue weighted by Gasteiger charge is 2.25. The van der Waals surface area contributed by atoms with Gasteiger partial charge >= 0.3 is 12.1 Å². The summed E-state index contributed by atoms with van der Waals surface area (Å²) in [6.45, 7) is 5.11. The van der Waals surface area contributed by atoms with Gasteiger partial charge in [0.15, 0.2) is 5.78 Å². The topological polar surface area (TPSA) is 81.7 Å². The van der Waals surface area contributed by atoms with Crippen LogP contribution in [0.1, 0.15) is 27.2 Å². The molecule has 0 rings (SSSR count). The van der Waals surface area contributed by atoms with Gasteiger partial charge in [-0.1, -0.05) is 15.9 Å². The van der Waals surface area contributed by atoms with Crippen molar-refractivity contribution in [3.63, 3.8) is 0 Å². The van der Waals surface area contributed by atoms with Gasteiger partial charge in [-0.15, -0.1) is 0 Å². The summed E-state index contributed by atoms with van der Waals surface area (Å²) >= 11 is 2.98. The molecule has 0 spiro atoms. The smallest absolute Gasteiger partial charge is 0.408 e. The van der Waals surface area contributed by atoms with Crippen LogP contribution >= 0.6 is 15.9 Å². The first-order valence-electron chi connectivity index (χ1n) is 5.34. The van der Waals surface area contributed by atoms with E-state index in [1.807, 2.05) is 0 Å². The van der Waals surface area contributed by atoms with Crippen molar-refractivity contribution in [2.75, 3.05) is 12.4 Å². The Labute approximate surface area is 115 Å². The molecule has 104 valence electrons. The van der Waals surface area contributed by atoms with Crippen LogP contribution in [0.25, 0.3) is 0 Å². The van der Waals surface area contributed by atoms with E-state index in [1.54, 1.807) is 20.8 Å². The predicted molar refractivity (Wildman–Crippen MR) is 68.6 cm³/mol. The second-order valence-corrected chi connectivity index (χ2v) is 5.14. The summed E-state index contributed by atoms with van der Waals surface area (Å²) in [6.07, 6.45) is -0.967. The van der Waals surface area contributed by atoms with Crippen molar-refractivity contribution in [2.24, 2.45) is 0 Å². The molecule has 0 radical (unpaired) electrons. The van der Waals surface area contributed by atoms with E-state index in [-0.39, 0.29) is 17.5 Å². The summed E-state index contributed by atoms with van der Waals surface area (Å²) in [4.78, 5) is 34.2. The van der Waals surface area contributed by atoms with Gasteiger partial charge in [0.2, 0.25) is 0 Å². The molecule has 0 saturated heterocycles. The van der Waals surface area contributed by atoms with Gasteiger partial charge in [-0.05, 0) is 20.8 Å². The molecule has 0 aromatic rings. The summed E-state index contributed by atoms with van der Waals surface area (Å²) in [6, 6.07) is -0.952. The Hall–Kier alpha value is -1.11. The number of hydrogen-bond donors (Lipinski definition) is 1. The summed E-state index contributed by atoms with van der Waals surface area (Å²) in [7, 11) is 1.21. The highest BCUT2D eigenvalue weighted by molar-refractivity contribution is 9.09. The molecule has 0 aromatic heterocycles. The first kappa shape index (κ1) is 16.9. The molecule has 6 nitrogen and oxygen atoms in total. The second kappa shape index (κ2) is 7.35. The number of methoxy groups -OCH3 is 1. The highest BCUT2D eigenvalue weighted by Crippen LogP contribution is 2.08. The van der Waals surface area contributed by atoms with Gasteiger partial charge in [0.05, 0.1) is 18.9 Å². The zero-order chi connectivity index (χ0) is 14.3. The number of amides is 1. The third-order valence-corrected chi connectivity index (χ3v) is 2.36. The number of alkyl carbamates (subject to hydrolysis) is 1. The molecule has 0 unspecified atom stereocenters. The monoisotopic (exact) mass is 323 g/mol. The van der Waals surface area contributed by atoms with E-state index in [0.29, 0.717) is 0 Å². The van der Waals surface area contributed by atoms with Crippen LogP contribution < -0.4 is 5.32 Å². The number of rotatable bonds is 5. The zero-order valence-electron chi connectivity index (χ0n) is 10.9. The molecule has 0 aliphatic carbocycles. The fourth-order valence-corrected chi connectivity index (χ4v) is 1.43. The van der Waals surface area contributed by atoms with Gasteiger partial charge in [0.25, 0.3) is 0 Å².